The molecule has 1 N–H and O–H groups in total. The monoisotopic (exact) mass is 345 g/mol. The third-order valence-corrected chi connectivity index (χ3v) is 5.04. The smallest absolute Gasteiger partial charge is 0.407 e. The van der Waals surface area contributed by atoms with Crippen LogP contribution in [-0.2, 0) is 19.5 Å². The number of aromatic nitrogens is 3. The van der Waals surface area contributed by atoms with Crippen molar-refractivity contribution in [2.24, 2.45) is 0 Å². The van der Waals surface area contributed by atoms with Gasteiger partial charge < -0.3 is 19.4 Å². The molecule has 2 aromatic heterocycles. The van der Waals surface area contributed by atoms with E-state index in [0.717, 1.165) is 17.0 Å². The third kappa shape index (κ3) is 2.46. The van der Waals surface area contributed by atoms with Gasteiger partial charge in [0.2, 0.25) is 0 Å². The van der Waals surface area contributed by atoms with E-state index in [9.17, 15) is 14.7 Å². The van der Waals surface area contributed by atoms with Crippen molar-refractivity contribution in [3.8, 4) is 0 Å². The van der Waals surface area contributed by atoms with Crippen LogP contribution in [0.3, 0.4) is 0 Å². The molecule has 0 saturated carbocycles. The number of rotatable bonds is 1. The van der Waals surface area contributed by atoms with Crippen LogP contribution in [0.25, 0.3) is 0 Å². The molecule has 2 unspecified atom stereocenters. The van der Waals surface area contributed by atoms with E-state index >= 15 is 0 Å². The van der Waals surface area contributed by atoms with Gasteiger partial charge in [-0.25, -0.2) is 4.79 Å². The van der Waals surface area contributed by atoms with Crippen LogP contribution < -0.4 is 0 Å². The fraction of sp³-hybridized carbons (Fsp3) is 0.500. The van der Waals surface area contributed by atoms with E-state index in [4.69, 9.17) is 4.52 Å². The van der Waals surface area contributed by atoms with Crippen LogP contribution in [0.1, 0.15) is 40.3 Å². The van der Waals surface area contributed by atoms with Crippen LogP contribution in [0.2, 0.25) is 0 Å². The number of hydrogen-bond donors (Lipinski definition) is 1. The molecule has 9 heteroatoms. The Morgan fingerprint density at radius 1 is 1.40 bits per heavy atom. The summed E-state index contributed by atoms with van der Waals surface area (Å²) >= 11 is 0. The summed E-state index contributed by atoms with van der Waals surface area (Å²) in [6, 6.07) is 1.63. The molecule has 2 aromatic rings. The standard InChI is InChI=1S/C16H19N5O4/c1-9-5-13-11(8-20(9)16(23)24)14-15(22)19(2)6-10(7-21(14)17-13)12-3-4-25-18-12/h3-4,9-10H,5-8H2,1-2H3,(H,23,24). The number of carboxylic acid groups (broad SMARTS) is 1. The van der Waals surface area contributed by atoms with Gasteiger partial charge in [0.1, 0.15) is 12.0 Å². The third-order valence-electron chi connectivity index (χ3n) is 5.04. The molecule has 0 aromatic carbocycles. The lowest BCUT2D eigenvalue weighted by Crippen LogP contribution is -2.42. The van der Waals surface area contributed by atoms with Crippen molar-refractivity contribution in [1.82, 2.24) is 24.7 Å². The van der Waals surface area contributed by atoms with E-state index in [-0.39, 0.29) is 24.4 Å². The molecule has 2 amide bonds. The highest BCUT2D eigenvalue weighted by atomic mass is 16.5. The molecule has 9 nitrogen and oxygen atoms in total. The molecule has 2 aliphatic heterocycles. The first-order valence-electron chi connectivity index (χ1n) is 8.19. The van der Waals surface area contributed by atoms with Gasteiger partial charge in [0, 0.05) is 43.6 Å². The predicted octanol–water partition coefficient (Wildman–Crippen LogP) is 1.17. The van der Waals surface area contributed by atoms with E-state index < -0.39 is 6.09 Å². The van der Waals surface area contributed by atoms with Crippen LogP contribution in [0.4, 0.5) is 4.79 Å². The van der Waals surface area contributed by atoms with Crippen molar-refractivity contribution in [3.05, 3.63) is 35.0 Å². The number of nitrogens with zero attached hydrogens (tertiary/aromatic N) is 5. The van der Waals surface area contributed by atoms with Gasteiger partial charge in [-0.2, -0.15) is 5.10 Å². The summed E-state index contributed by atoms with van der Waals surface area (Å²) in [7, 11) is 1.74. The summed E-state index contributed by atoms with van der Waals surface area (Å²) in [4.78, 5) is 27.4. The second kappa shape index (κ2) is 5.61. The maximum absolute atomic E-state index is 12.9. The van der Waals surface area contributed by atoms with Crippen molar-refractivity contribution in [2.75, 3.05) is 13.6 Å². The van der Waals surface area contributed by atoms with Gasteiger partial charge in [0.05, 0.1) is 24.5 Å². The zero-order chi connectivity index (χ0) is 17.7. The van der Waals surface area contributed by atoms with Gasteiger partial charge >= 0.3 is 6.09 Å². The Kier molecular flexibility index (Phi) is 3.52. The maximum Gasteiger partial charge on any atom is 0.407 e. The summed E-state index contributed by atoms with van der Waals surface area (Å²) < 4.78 is 6.66. The predicted molar refractivity (Wildman–Crippen MR) is 85.2 cm³/mol. The molecular weight excluding hydrogens is 326 g/mol. The molecule has 0 bridgehead atoms. The van der Waals surface area contributed by atoms with Gasteiger partial charge in [-0.3, -0.25) is 9.48 Å². The van der Waals surface area contributed by atoms with Gasteiger partial charge in [-0.1, -0.05) is 5.16 Å². The molecule has 2 aliphatic rings. The molecule has 132 valence electrons. The molecule has 25 heavy (non-hydrogen) atoms. The zero-order valence-electron chi connectivity index (χ0n) is 14.0. The lowest BCUT2D eigenvalue weighted by Gasteiger charge is -2.30. The molecule has 0 radical (unpaired) electrons. The summed E-state index contributed by atoms with van der Waals surface area (Å²) in [5.41, 5.74) is 2.80. The highest BCUT2D eigenvalue weighted by Crippen LogP contribution is 2.30. The van der Waals surface area contributed by atoms with Crippen LogP contribution in [0.15, 0.2) is 16.9 Å². The molecule has 0 aliphatic carbocycles. The van der Waals surface area contributed by atoms with Crippen molar-refractivity contribution >= 4 is 12.0 Å². The Balaban J connectivity index is 1.77. The van der Waals surface area contributed by atoms with Gasteiger partial charge in [0.15, 0.2) is 0 Å². The summed E-state index contributed by atoms with van der Waals surface area (Å²) in [6.07, 6.45) is 1.05. The lowest BCUT2D eigenvalue weighted by atomic mass is 10.00. The minimum Gasteiger partial charge on any atom is -0.465 e. The van der Waals surface area contributed by atoms with E-state index in [2.05, 4.69) is 10.3 Å². The fourth-order valence-electron chi connectivity index (χ4n) is 3.70. The van der Waals surface area contributed by atoms with Crippen molar-refractivity contribution in [3.63, 3.8) is 0 Å². The molecule has 0 spiro atoms. The minimum atomic E-state index is -0.979. The van der Waals surface area contributed by atoms with E-state index in [0.29, 0.717) is 25.2 Å². The van der Waals surface area contributed by atoms with Crippen molar-refractivity contribution < 1.29 is 19.2 Å². The first-order valence-corrected chi connectivity index (χ1v) is 8.19. The fourth-order valence-corrected chi connectivity index (χ4v) is 3.70. The number of carbonyl (C=O) groups excluding carboxylic acids is 1. The molecular formula is C16H19N5O4. The molecule has 0 fully saturated rings. The van der Waals surface area contributed by atoms with E-state index in [1.807, 2.05) is 6.92 Å². The average Bonchev–Trinajstić information content (AvgIpc) is 3.17. The zero-order valence-corrected chi connectivity index (χ0v) is 14.0. The van der Waals surface area contributed by atoms with Crippen LogP contribution >= 0.6 is 0 Å². The van der Waals surface area contributed by atoms with Crippen molar-refractivity contribution in [1.29, 1.82) is 0 Å². The first-order chi connectivity index (χ1) is 12.0. The van der Waals surface area contributed by atoms with Gasteiger partial charge in [-0.05, 0) is 6.92 Å². The summed E-state index contributed by atoms with van der Waals surface area (Å²) in [5, 5.41) is 18.0. The van der Waals surface area contributed by atoms with Gasteiger partial charge in [0.25, 0.3) is 5.91 Å². The van der Waals surface area contributed by atoms with Gasteiger partial charge in [-0.15, -0.1) is 0 Å². The molecule has 4 rings (SSSR count). The normalized spacial score (nSPS) is 23.2. The van der Waals surface area contributed by atoms with E-state index in [1.54, 1.807) is 22.7 Å². The first kappa shape index (κ1) is 15.7. The number of hydrogen-bond acceptors (Lipinski definition) is 5. The number of likely N-dealkylation sites (N-methyl/N-ethyl adjacent to an activating group) is 1. The Bertz CT molecular complexity index is 828. The quantitative estimate of drug-likeness (QED) is 0.832. The highest BCUT2D eigenvalue weighted by molar-refractivity contribution is 5.94. The summed E-state index contributed by atoms with van der Waals surface area (Å²) in [6.45, 7) is 3.05. The Morgan fingerprint density at radius 3 is 2.88 bits per heavy atom. The summed E-state index contributed by atoms with van der Waals surface area (Å²) in [5.74, 6) is -0.164. The number of carbonyl (C=O) groups is 2. The van der Waals surface area contributed by atoms with Crippen LogP contribution in [0.5, 0.6) is 0 Å². The topological polar surface area (TPSA) is 105 Å². The highest BCUT2D eigenvalue weighted by Gasteiger charge is 2.37. The Hall–Kier alpha value is -2.84. The maximum atomic E-state index is 12.9. The minimum absolute atomic E-state index is 0.0247. The number of fused-ring (bicyclic) bond motifs is 3. The average molecular weight is 345 g/mol. The molecule has 4 heterocycles. The second-order valence-electron chi connectivity index (χ2n) is 6.73. The van der Waals surface area contributed by atoms with Crippen molar-refractivity contribution in [2.45, 2.75) is 38.4 Å². The SMILES string of the molecule is CC1Cc2nn3c(c2CN1C(=O)O)C(=O)N(C)CC(c1ccon1)C3. The number of amides is 2. The van der Waals surface area contributed by atoms with Crippen LogP contribution in [-0.4, -0.2) is 61.5 Å². The molecule has 2 atom stereocenters. The second-order valence-corrected chi connectivity index (χ2v) is 6.73. The molecule has 0 saturated heterocycles. The van der Waals surface area contributed by atoms with E-state index in [1.165, 1.54) is 11.2 Å². The Morgan fingerprint density at radius 2 is 2.20 bits per heavy atom. The largest absolute Gasteiger partial charge is 0.465 e. The Labute approximate surface area is 143 Å². The van der Waals surface area contributed by atoms with Crippen LogP contribution in [0, 0.1) is 0 Å². The lowest BCUT2D eigenvalue weighted by molar-refractivity contribution is 0.0784.